The molecule has 1 rings (SSSR count). The molecule has 0 aliphatic rings. The van der Waals surface area contributed by atoms with Crippen molar-refractivity contribution in [3.05, 3.63) is 42.5 Å². The second-order valence-electron chi connectivity index (χ2n) is 3.06. The van der Waals surface area contributed by atoms with Crippen molar-refractivity contribution in [1.29, 1.82) is 0 Å². The predicted molar refractivity (Wildman–Crippen MR) is 58.1 cm³/mol. The Morgan fingerprint density at radius 3 is 2.60 bits per heavy atom. The summed E-state index contributed by atoms with van der Waals surface area (Å²) in [7, 11) is 0. The van der Waals surface area contributed by atoms with Gasteiger partial charge in [0.05, 0.1) is 12.2 Å². The van der Waals surface area contributed by atoms with Crippen LogP contribution in [0.4, 0.5) is 0 Å². The monoisotopic (exact) mass is 206 g/mol. The van der Waals surface area contributed by atoms with Crippen molar-refractivity contribution in [3.8, 4) is 0 Å². The molecule has 0 aliphatic heterocycles. The molecule has 0 bridgehead atoms. The second-order valence-corrected chi connectivity index (χ2v) is 3.06. The average Bonchev–Trinajstić information content (AvgIpc) is 2.29. The van der Waals surface area contributed by atoms with E-state index in [1.165, 1.54) is 0 Å². The molecular weight excluding hydrogens is 192 g/mol. The smallest absolute Gasteiger partial charge is 0.338 e. The maximum Gasteiger partial charge on any atom is 0.338 e. The van der Waals surface area contributed by atoms with Gasteiger partial charge in [0, 0.05) is 13.0 Å². The molecule has 0 aliphatic carbocycles. The third kappa shape index (κ3) is 3.56. The number of rotatable bonds is 5. The lowest BCUT2D eigenvalue weighted by Crippen LogP contribution is -2.08. The molecule has 0 fully saturated rings. The highest BCUT2D eigenvalue weighted by Gasteiger charge is 2.09. The Labute approximate surface area is 89.0 Å². The third-order valence-electron chi connectivity index (χ3n) is 1.90. The molecule has 80 valence electrons. The molecular formula is C12H14O3. The molecule has 3 nitrogen and oxygen atoms in total. The van der Waals surface area contributed by atoms with Crippen LogP contribution in [-0.2, 0) is 9.53 Å². The van der Waals surface area contributed by atoms with E-state index in [1.807, 2.05) is 18.2 Å². The molecule has 15 heavy (non-hydrogen) atoms. The van der Waals surface area contributed by atoms with Gasteiger partial charge in [0.1, 0.15) is 0 Å². The van der Waals surface area contributed by atoms with Crippen molar-refractivity contribution in [2.45, 2.75) is 6.42 Å². The number of carbonyl (C=O) groups is 1. The van der Waals surface area contributed by atoms with Crippen molar-refractivity contribution in [2.24, 2.45) is 0 Å². The molecule has 0 amide bonds. The lowest BCUT2D eigenvalue weighted by Gasteiger charge is -2.06. The molecule has 0 unspecified atom stereocenters. The lowest BCUT2D eigenvalue weighted by atomic mass is 10.1. The van der Waals surface area contributed by atoms with Crippen LogP contribution in [0.15, 0.2) is 36.9 Å². The van der Waals surface area contributed by atoms with Gasteiger partial charge in [-0.2, -0.15) is 0 Å². The van der Waals surface area contributed by atoms with Crippen LogP contribution in [-0.4, -0.2) is 24.3 Å². The van der Waals surface area contributed by atoms with Crippen LogP contribution in [0.3, 0.4) is 0 Å². The van der Waals surface area contributed by atoms with E-state index < -0.39 is 5.97 Å². The Kier molecular flexibility index (Phi) is 4.57. The summed E-state index contributed by atoms with van der Waals surface area (Å²) >= 11 is 0. The summed E-state index contributed by atoms with van der Waals surface area (Å²) in [5, 5.41) is 8.52. The number of carbonyl (C=O) groups excluding carboxylic acids is 1. The highest BCUT2D eigenvalue weighted by atomic mass is 16.5. The van der Waals surface area contributed by atoms with Gasteiger partial charge in [-0.3, -0.25) is 0 Å². The fourth-order valence-corrected chi connectivity index (χ4v) is 1.07. The summed E-state index contributed by atoms with van der Waals surface area (Å²) in [6, 6.07) is 9.14. The number of esters is 1. The first-order chi connectivity index (χ1) is 7.25. The molecule has 0 radical (unpaired) electrons. The van der Waals surface area contributed by atoms with E-state index in [4.69, 9.17) is 9.84 Å². The minimum atomic E-state index is -0.436. The summed E-state index contributed by atoms with van der Waals surface area (Å²) in [4.78, 5) is 11.4. The zero-order valence-corrected chi connectivity index (χ0v) is 8.48. The topological polar surface area (TPSA) is 46.5 Å². The molecule has 1 aromatic rings. The van der Waals surface area contributed by atoms with E-state index >= 15 is 0 Å². The molecule has 0 atom stereocenters. The summed E-state index contributed by atoms with van der Waals surface area (Å²) in [6.07, 6.45) is 0.452. The normalized spacial score (nSPS) is 9.67. The van der Waals surface area contributed by atoms with E-state index in [-0.39, 0.29) is 13.2 Å². The maximum atomic E-state index is 11.4. The van der Waals surface area contributed by atoms with Crippen LogP contribution in [0, 0.1) is 0 Å². The SMILES string of the molecule is C=C(C(=O)OCCCO)c1ccccc1. The molecule has 1 N–H and O–H groups in total. The van der Waals surface area contributed by atoms with Crippen LogP contribution in [0.25, 0.3) is 5.57 Å². The van der Waals surface area contributed by atoms with Crippen LogP contribution in [0.5, 0.6) is 0 Å². The number of hydrogen-bond acceptors (Lipinski definition) is 3. The highest BCUT2D eigenvalue weighted by Crippen LogP contribution is 2.12. The Morgan fingerprint density at radius 2 is 2.00 bits per heavy atom. The molecule has 0 heterocycles. The van der Waals surface area contributed by atoms with Crippen molar-refractivity contribution in [1.82, 2.24) is 0 Å². The van der Waals surface area contributed by atoms with Gasteiger partial charge in [0.15, 0.2) is 0 Å². The molecule has 0 saturated heterocycles. The van der Waals surface area contributed by atoms with E-state index in [2.05, 4.69) is 6.58 Å². The molecule has 3 heteroatoms. The Morgan fingerprint density at radius 1 is 1.33 bits per heavy atom. The first-order valence-electron chi connectivity index (χ1n) is 4.78. The van der Waals surface area contributed by atoms with E-state index in [9.17, 15) is 4.79 Å². The fraction of sp³-hybridized carbons (Fsp3) is 0.250. The lowest BCUT2D eigenvalue weighted by molar-refractivity contribution is -0.136. The zero-order valence-electron chi connectivity index (χ0n) is 8.48. The number of benzene rings is 1. The summed E-state index contributed by atoms with van der Waals surface area (Å²) in [5.74, 6) is -0.436. The molecule has 0 spiro atoms. The van der Waals surface area contributed by atoms with Crippen molar-refractivity contribution in [3.63, 3.8) is 0 Å². The first-order valence-corrected chi connectivity index (χ1v) is 4.78. The van der Waals surface area contributed by atoms with Crippen LogP contribution in [0.1, 0.15) is 12.0 Å². The Hall–Kier alpha value is -1.61. The highest BCUT2D eigenvalue weighted by molar-refractivity contribution is 6.15. The van der Waals surface area contributed by atoms with Gasteiger partial charge in [0.25, 0.3) is 0 Å². The first kappa shape index (κ1) is 11.5. The quantitative estimate of drug-likeness (QED) is 0.452. The van der Waals surface area contributed by atoms with Gasteiger partial charge < -0.3 is 9.84 Å². The van der Waals surface area contributed by atoms with Gasteiger partial charge in [-0.25, -0.2) is 4.79 Å². The zero-order chi connectivity index (χ0) is 11.1. The van der Waals surface area contributed by atoms with E-state index in [1.54, 1.807) is 12.1 Å². The van der Waals surface area contributed by atoms with Crippen LogP contribution >= 0.6 is 0 Å². The summed E-state index contributed by atoms with van der Waals surface area (Å²) in [6.45, 7) is 3.91. The third-order valence-corrected chi connectivity index (χ3v) is 1.90. The molecule has 0 saturated carbocycles. The minimum absolute atomic E-state index is 0.0189. The van der Waals surface area contributed by atoms with Crippen LogP contribution < -0.4 is 0 Å². The number of ether oxygens (including phenoxy) is 1. The molecule has 1 aromatic carbocycles. The van der Waals surface area contributed by atoms with Gasteiger partial charge in [-0.05, 0) is 5.56 Å². The Balaban J connectivity index is 2.50. The van der Waals surface area contributed by atoms with Gasteiger partial charge in [0.2, 0.25) is 0 Å². The average molecular weight is 206 g/mol. The Bertz CT molecular complexity index is 330. The number of aliphatic hydroxyl groups excluding tert-OH is 1. The maximum absolute atomic E-state index is 11.4. The summed E-state index contributed by atoms with van der Waals surface area (Å²) < 4.78 is 4.90. The second kappa shape index (κ2) is 5.98. The minimum Gasteiger partial charge on any atom is -0.462 e. The predicted octanol–water partition coefficient (Wildman–Crippen LogP) is 1.63. The van der Waals surface area contributed by atoms with Crippen molar-refractivity contribution in [2.75, 3.05) is 13.2 Å². The number of aliphatic hydroxyl groups is 1. The fourth-order valence-electron chi connectivity index (χ4n) is 1.07. The summed E-state index contributed by atoms with van der Waals surface area (Å²) in [5.41, 5.74) is 1.10. The standard InChI is InChI=1S/C12H14O3/c1-10(11-6-3-2-4-7-11)12(14)15-9-5-8-13/h2-4,6-7,13H,1,5,8-9H2. The largest absolute Gasteiger partial charge is 0.462 e. The van der Waals surface area contributed by atoms with E-state index in [0.717, 1.165) is 5.56 Å². The van der Waals surface area contributed by atoms with E-state index in [0.29, 0.717) is 12.0 Å². The number of hydrogen-bond donors (Lipinski definition) is 1. The van der Waals surface area contributed by atoms with Crippen molar-refractivity contribution < 1.29 is 14.6 Å². The van der Waals surface area contributed by atoms with Crippen molar-refractivity contribution >= 4 is 11.5 Å². The van der Waals surface area contributed by atoms with Gasteiger partial charge in [-0.1, -0.05) is 36.9 Å². The van der Waals surface area contributed by atoms with Gasteiger partial charge in [-0.15, -0.1) is 0 Å². The molecule has 0 aromatic heterocycles. The van der Waals surface area contributed by atoms with Crippen LogP contribution in [0.2, 0.25) is 0 Å². The van der Waals surface area contributed by atoms with Gasteiger partial charge >= 0.3 is 5.97 Å².